The number of non-ortho nitro benzene ring substituents is 1. The number of rotatable bonds is 9. The topological polar surface area (TPSA) is 226 Å². The van der Waals surface area contributed by atoms with E-state index in [1.807, 2.05) is 15.5 Å². The second kappa shape index (κ2) is 14.5. The minimum atomic E-state index is -4.74. The zero-order valence-corrected chi connectivity index (χ0v) is 28.7. The van der Waals surface area contributed by atoms with E-state index < -0.39 is 59.8 Å². The van der Waals surface area contributed by atoms with Crippen molar-refractivity contribution in [2.75, 3.05) is 16.6 Å². The number of nitrogens with one attached hydrogen (secondary N) is 4. The van der Waals surface area contributed by atoms with Crippen molar-refractivity contribution in [2.24, 2.45) is 0 Å². The minimum absolute atomic E-state index is 0.0878. The molecule has 0 spiro atoms. The Kier molecular flexibility index (Phi) is 10.5. The summed E-state index contributed by atoms with van der Waals surface area (Å²) in [4.78, 5) is 22.7. The Labute approximate surface area is 299 Å². The van der Waals surface area contributed by atoms with Gasteiger partial charge in [-0.3, -0.25) is 19.6 Å². The lowest BCUT2D eigenvalue weighted by Crippen LogP contribution is -2.15. The molecule has 0 saturated heterocycles. The first-order valence-electron chi connectivity index (χ1n) is 14.3. The molecule has 2 aromatic carbocycles. The normalized spacial score (nSPS) is 11.8. The van der Waals surface area contributed by atoms with Gasteiger partial charge in [-0.1, -0.05) is 11.6 Å². The van der Waals surface area contributed by atoms with Crippen LogP contribution in [0.3, 0.4) is 0 Å². The van der Waals surface area contributed by atoms with Crippen LogP contribution < -0.4 is 14.2 Å². The highest BCUT2D eigenvalue weighted by Crippen LogP contribution is 2.33. The fraction of sp³-hybridized carbons (Fsp3) is 0.100. The fourth-order valence-corrected chi connectivity index (χ4v) is 7.30. The summed E-state index contributed by atoms with van der Waals surface area (Å²) >= 11 is 5.71. The largest absolute Gasteiger partial charge is 0.481 e. The summed E-state index contributed by atoms with van der Waals surface area (Å²) in [6, 6.07) is 10.7. The summed E-state index contributed by atoms with van der Waals surface area (Å²) in [5.41, 5.74) is -1.45. The van der Waals surface area contributed by atoms with Crippen LogP contribution in [0.1, 0.15) is 11.1 Å². The van der Waals surface area contributed by atoms with Gasteiger partial charge in [0.1, 0.15) is 26.4 Å². The summed E-state index contributed by atoms with van der Waals surface area (Å²) in [6.07, 6.45) is -2.64. The van der Waals surface area contributed by atoms with Gasteiger partial charge in [0.25, 0.3) is 25.7 Å². The van der Waals surface area contributed by atoms with Gasteiger partial charge in [0, 0.05) is 40.9 Å². The molecule has 0 radical (unpaired) electrons. The van der Waals surface area contributed by atoms with Gasteiger partial charge >= 0.3 is 6.18 Å². The Morgan fingerprint density at radius 3 is 2.23 bits per heavy atom. The molecular formula is C30H20ClF5N8O7S2. The molecule has 15 nitrogen and oxygen atoms in total. The maximum atomic E-state index is 14.3. The van der Waals surface area contributed by atoms with Crippen molar-refractivity contribution in [1.29, 1.82) is 5.26 Å². The number of sulfonamides is 2. The summed E-state index contributed by atoms with van der Waals surface area (Å²) in [5, 5.41) is 20.1. The number of halogens is 6. The highest BCUT2D eigenvalue weighted by molar-refractivity contribution is 7.93. The van der Waals surface area contributed by atoms with Crippen LogP contribution in [0.15, 0.2) is 76.8 Å². The third kappa shape index (κ3) is 8.21. The maximum absolute atomic E-state index is 14.3. The van der Waals surface area contributed by atoms with Crippen LogP contribution >= 0.6 is 11.6 Å². The number of anilines is 2. The van der Waals surface area contributed by atoms with Gasteiger partial charge in [-0.25, -0.2) is 30.6 Å². The van der Waals surface area contributed by atoms with Crippen LogP contribution in [-0.2, 0) is 32.6 Å². The molecule has 23 heteroatoms. The molecule has 0 aliphatic carbocycles. The van der Waals surface area contributed by atoms with Crippen molar-refractivity contribution >= 4 is 70.8 Å². The number of alkyl halides is 3. The molecule has 0 amide bonds. The van der Waals surface area contributed by atoms with Crippen LogP contribution in [0.5, 0.6) is 5.88 Å². The van der Waals surface area contributed by atoms with Crippen LogP contribution in [0, 0.1) is 33.1 Å². The average molecular weight is 799 g/mol. The van der Waals surface area contributed by atoms with E-state index in [1.165, 1.54) is 31.4 Å². The predicted molar refractivity (Wildman–Crippen MR) is 179 cm³/mol. The number of nitro groups is 1. The number of H-pyrrole nitrogens is 2. The van der Waals surface area contributed by atoms with Crippen LogP contribution in [0.2, 0.25) is 5.15 Å². The molecule has 6 rings (SSSR count). The van der Waals surface area contributed by atoms with Gasteiger partial charge < -0.3 is 14.7 Å². The van der Waals surface area contributed by atoms with Crippen molar-refractivity contribution in [3.8, 4) is 11.9 Å². The first-order chi connectivity index (χ1) is 24.8. The van der Waals surface area contributed by atoms with Gasteiger partial charge in [-0.05, 0) is 42.5 Å². The molecule has 0 bridgehead atoms. The number of nitriles is 1. The number of hydrogen-bond acceptors (Lipinski definition) is 10. The molecule has 276 valence electrons. The van der Waals surface area contributed by atoms with E-state index in [-0.39, 0.29) is 66.5 Å². The molecule has 0 atom stereocenters. The van der Waals surface area contributed by atoms with E-state index in [9.17, 15) is 48.9 Å². The summed E-state index contributed by atoms with van der Waals surface area (Å²) in [7, 11) is -7.29. The van der Waals surface area contributed by atoms with Gasteiger partial charge in [-0.15, -0.1) is 0 Å². The highest BCUT2D eigenvalue weighted by Gasteiger charge is 2.32. The summed E-state index contributed by atoms with van der Waals surface area (Å²) < 4.78 is 125. The van der Waals surface area contributed by atoms with E-state index in [4.69, 9.17) is 21.6 Å². The quantitative estimate of drug-likeness (QED) is 0.0526. The zero-order chi connectivity index (χ0) is 38.9. The molecule has 53 heavy (non-hydrogen) atoms. The number of ether oxygens (including phenoxy) is 1. The predicted octanol–water partition coefficient (Wildman–Crippen LogP) is 6.66. The Morgan fingerprint density at radius 2 is 1.58 bits per heavy atom. The number of benzene rings is 2. The number of fused-ring (bicyclic) bond motifs is 2. The molecule has 0 saturated carbocycles. The molecular weight excluding hydrogens is 779 g/mol. The number of nitro benzene ring substituents is 1. The lowest BCUT2D eigenvalue weighted by Gasteiger charge is -2.11. The van der Waals surface area contributed by atoms with Gasteiger partial charge in [-0.2, -0.15) is 23.4 Å². The SMILES string of the molecule is COc1nc(NS(=O)(=O)c2c[nH]c3cc([N+](=O)[O-])ccc23)c(F)cc1CC#N.O=S(=O)(Nc1ccc(C(F)(F)F)cc1F)c1c[nH]c2nc(Cl)ccc12. The zero-order valence-electron chi connectivity index (χ0n) is 26.3. The van der Waals surface area contributed by atoms with E-state index in [2.05, 4.69) is 19.9 Å². The van der Waals surface area contributed by atoms with Crippen LogP contribution in [-0.4, -0.2) is 48.8 Å². The molecule has 0 aliphatic rings. The number of nitrogens with zero attached hydrogens (tertiary/aromatic N) is 4. The molecule has 0 aliphatic heterocycles. The number of methoxy groups -OCH3 is 1. The fourth-order valence-electron chi connectivity index (χ4n) is 4.73. The Hall–Kier alpha value is -6.05. The van der Waals surface area contributed by atoms with E-state index >= 15 is 0 Å². The molecule has 6 aromatic rings. The summed E-state index contributed by atoms with van der Waals surface area (Å²) in [5.74, 6) is -3.02. The first kappa shape index (κ1) is 38.2. The van der Waals surface area contributed by atoms with Gasteiger partial charge in [0.2, 0.25) is 5.88 Å². The third-order valence-electron chi connectivity index (χ3n) is 7.13. The molecule has 0 fully saturated rings. The smallest absolute Gasteiger partial charge is 0.416 e. The molecule has 4 aromatic heterocycles. The Morgan fingerprint density at radius 1 is 0.925 bits per heavy atom. The minimum Gasteiger partial charge on any atom is -0.481 e. The highest BCUT2D eigenvalue weighted by atomic mass is 35.5. The average Bonchev–Trinajstić information content (AvgIpc) is 3.71. The van der Waals surface area contributed by atoms with Crippen molar-refractivity contribution in [3.63, 3.8) is 0 Å². The second-order valence-electron chi connectivity index (χ2n) is 10.5. The number of aromatic nitrogens is 4. The van der Waals surface area contributed by atoms with Crippen LogP contribution in [0.4, 0.5) is 39.1 Å². The monoisotopic (exact) mass is 798 g/mol. The Balaban J connectivity index is 0.000000206. The van der Waals surface area contributed by atoms with E-state index in [0.29, 0.717) is 12.1 Å². The third-order valence-corrected chi connectivity index (χ3v) is 10.1. The number of pyridine rings is 2. The number of aromatic amines is 2. The maximum Gasteiger partial charge on any atom is 0.416 e. The molecule has 4 N–H and O–H groups in total. The first-order valence-corrected chi connectivity index (χ1v) is 17.6. The van der Waals surface area contributed by atoms with E-state index in [1.54, 1.807) is 0 Å². The van der Waals surface area contributed by atoms with Crippen molar-refractivity contribution in [2.45, 2.75) is 22.4 Å². The Bertz CT molecular complexity index is 2660. The lowest BCUT2D eigenvalue weighted by molar-refractivity contribution is -0.384. The number of hydrogen-bond donors (Lipinski definition) is 4. The van der Waals surface area contributed by atoms with Gasteiger partial charge in [0.15, 0.2) is 11.6 Å². The van der Waals surface area contributed by atoms with E-state index in [0.717, 1.165) is 24.5 Å². The van der Waals surface area contributed by atoms with Gasteiger partial charge in [0.05, 0.1) is 41.3 Å². The van der Waals surface area contributed by atoms with Crippen LogP contribution in [0.25, 0.3) is 21.9 Å². The summed E-state index contributed by atoms with van der Waals surface area (Å²) in [6.45, 7) is 0. The molecule has 0 unspecified atom stereocenters. The van der Waals surface area contributed by atoms with Crippen molar-refractivity contribution in [3.05, 3.63) is 105 Å². The standard InChI is InChI=1S/C16H12FN5O5S.C14H8ClF4N3O2S/c1-27-16-9(4-5-18)6-12(17)15(20-16)21-28(25,26)14-8-19-13-7-10(22(23)24)2-3-11(13)14;15-12-4-2-8-11(6-20-13(8)21-12)25(23,24)22-10-3-1-7(5-9(10)16)14(17,18)19/h2-3,6-8,19H,4H2,1H3,(H,20,21);1-6,22H,(H,20,21). The molecule has 4 heterocycles. The van der Waals surface area contributed by atoms with Crippen molar-refractivity contribution < 1.29 is 48.4 Å². The lowest BCUT2D eigenvalue weighted by atomic mass is 10.2. The van der Waals surface area contributed by atoms with Crippen molar-refractivity contribution in [1.82, 2.24) is 19.9 Å². The second-order valence-corrected chi connectivity index (χ2v) is 14.2.